The van der Waals surface area contributed by atoms with Crippen molar-refractivity contribution in [2.24, 2.45) is 0 Å². The first kappa shape index (κ1) is 19.0. The third-order valence-corrected chi connectivity index (χ3v) is 4.11. The second kappa shape index (κ2) is 7.11. The Morgan fingerprint density at radius 1 is 1.33 bits per heavy atom. The van der Waals surface area contributed by atoms with E-state index in [1.165, 1.54) is 0 Å². The summed E-state index contributed by atoms with van der Waals surface area (Å²) in [6, 6.07) is 5.83. The Hall–Kier alpha value is -2.74. The van der Waals surface area contributed by atoms with E-state index in [9.17, 15) is 18.0 Å². The van der Waals surface area contributed by atoms with Crippen LogP contribution in [0.5, 0.6) is 5.75 Å². The summed E-state index contributed by atoms with van der Waals surface area (Å²) in [5.41, 5.74) is 0.0357. The summed E-state index contributed by atoms with van der Waals surface area (Å²) < 4.78 is 49.0. The molecule has 142 valence electrons. The van der Waals surface area contributed by atoms with Crippen LogP contribution in [0, 0.1) is 6.92 Å². The molecule has 0 bridgehead atoms. The molecule has 1 aromatic carbocycles. The highest BCUT2D eigenvalue weighted by Crippen LogP contribution is 2.33. The van der Waals surface area contributed by atoms with Gasteiger partial charge in [-0.15, -0.1) is 0 Å². The Kier molecular flexibility index (Phi) is 5.01. The van der Waals surface area contributed by atoms with E-state index >= 15 is 0 Å². The van der Waals surface area contributed by atoms with Crippen molar-refractivity contribution < 1.29 is 27.1 Å². The molecule has 0 atom stereocenters. The van der Waals surface area contributed by atoms with E-state index in [-0.39, 0.29) is 16.6 Å². The zero-order valence-electron chi connectivity index (χ0n) is 14.3. The van der Waals surface area contributed by atoms with E-state index in [1.807, 2.05) is 6.92 Å². The monoisotopic (exact) mass is 398 g/mol. The van der Waals surface area contributed by atoms with Gasteiger partial charge in [0.15, 0.2) is 11.6 Å². The molecule has 0 aliphatic heterocycles. The molecule has 0 radical (unpaired) electrons. The van der Waals surface area contributed by atoms with Crippen LogP contribution in [-0.2, 0) is 6.18 Å². The third-order valence-electron chi connectivity index (χ3n) is 3.83. The summed E-state index contributed by atoms with van der Waals surface area (Å²) in [6.45, 7) is 4.04. The van der Waals surface area contributed by atoms with Gasteiger partial charge in [-0.25, -0.2) is 4.98 Å². The third kappa shape index (κ3) is 3.85. The van der Waals surface area contributed by atoms with Crippen LogP contribution >= 0.6 is 11.6 Å². The molecule has 0 saturated carbocycles. The zero-order chi connectivity index (χ0) is 19.8. The molecule has 9 heteroatoms. The number of furan rings is 1. The highest BCUT2D eigenvalue weighted by molar-refractivity contribution is 6.33. The van der Waals surface area contributed by atoms with Crippen LogP contribution in [0.25, 0.3) is 11.0 Å². The second-order valence-corrected chi connectivity index (χ2v) is 6.06. The first-order chi connectivity index (χ1) is 12.7. The number of nitrogens with zero attached hydrogens (tertiary/aromatic N) is 1. The van der Waals surface area contributed by atoms with Crippen LogP contribution in [0.2, 0.25) is 5.02 Å². The molecule has 0 aliphatic carbocycles. The molecule has 1 N–H and O–H groups in total. The molecule has 0 aliphatic rings. The molecule has 0 saturated heterocycles. The molecule has 0 spiro atoms. The van der Waals surface area contributed by atoms with Crippen molar-refractivity contribution in [3.8, 4) is 5.75 Å². The summed E-state index contributed by atoms with van der Waals surface area (Å²) in [4.78, 5) is 16.1. The van der Waals surface area contributed by atoms with E-state index in [2.05, 4.69) is 10.3 Å². The van der Waals surface area contributed by atoms with E-state index < -0.39 is 17.6 Å². The van der Waals surface area contributed by atoms with Crippen molar-refractivity contribution >= 4 is 34.3 Å². The van der Waals surface area contributed by atoms with Crippen LogP contribution in [0.3, 0.4) is 0 Å². The lowest BCUT2D eigenvalue weighted by Gasteiger charge is -2.09. The first-order valence-electron chi connectivity index (χ1n) is 7.90. The lowest BCUT2D eigenvalue weighted by molar-refractivity contribution is -0.137. The minimum Gasteiger partial charge on any atom is -0.494 e. The highest BCUT2D eigenvalue weighted by atomic mass is 35.5. The molecule has 3 rings (SSSR count). The number of anilines is 1. The molecule has 2 heterocycles. The molecule has 1 amide bonds. The number of carbonyl (C=O) groups excluding carboxylic acids is 1. The second-order valence-electron chi connectivity index (χ2n) is 5.65. The number of carbonyl (C=O) groups is 1. The van der Waals surface area contributed by atoms with E-state index in [1.54, 1.807) is 25.1 Å². The van der Waals surface area contributed by atoms with Crippen molar-refractivity contribution in [1.82, 2.24) is 4.98 Å². The van der Waals surface area contributed by atoms with Gasteiger partial charge in [-0.1, -0.05) is 11.6 Å². The molecule has 5 nitrogen and oxygen atoms in total. The normalized spacial score (nSPS) is 11.6. The van der Waals surface area contributed by atoms with Crippen molar-refractivity contribution in [3.05, 3.63) is 52.4 Å². The number of halogens is 4. The maximum absolute atomic E-state index is 12.7. The Morgan fingerprint density at radius 3 is 2.70 bits per heavy atom. The van der Waals surface area contributed by atoms with E-state index in [0.29, 0.717) is 41.2 Å². The lowest BCUT2D eigenvalue weighted by Crippen LogP contribution is -2.14. The maximum atomic E-state index is 12.7. The van der Waals surface area contributed by atoms with E-state index in [0.717, 1.165) is 0 Å². The minimum atomic E-state index is -4.58. The number of aryl methyl sites for hydroxylation is 1. The van der Waals surface area contributed by atoms with Crippen LogP contribution in [0.4, 0.5) is 19.0 Å². The van der Waals surface area contributed by atoms with Crippen molar-refractivity contribution in [3.63, 3.8) is 0 Å². The Bertz CT molecular complexity index is 1010. The fourth-order valence-electron chi connectivity index (χ4n) is 2.52. The van der Waals surface area contributed by atoms with Gasteiger partial charge in [-0.3, -0.25) is 4.79 Å². The average molecular weight is 399 g/mol. The Balaban J connectivity index is 1.89. The predicted molar refractivity (Wildman–Crippen MR) is 94.3 cm³/mol. The molecular weight excluding hydrogens is 385 g/mol. The van der Waals surface area contributed by atoms with Crippen LogP contribution in [0.15, 0.2) is 34.9 Å². The van der Waals surface area contributed by atoms with Gasteiger partial charge in [0.25, 0.3) is 5.91 Å². The quantitative estimate of drug-likeness (QED) is 0.633. The van der Waals surface area contributed by atoms with Gasteiger partial charge in [0.05, 0.1) is 17.2 Å². The highest BCUT2D eigenvalue weighted by Gasteiger charge is 2.32. The molecule has 27 heavy (non-hydrogen) atoms. The lowest BCUT2D eigenvalue weighted by atomic mass is 10.1. The SMILES string of the molecule is CCOc1ccc2oc(C(=O)Nc3ncc(C(F)(F)F)cc3Cl)c(C)c2c1. The molecule has 2 aromatic heterocycles. The smallest absolute Gasteiger partial charge is 0.417 e. The number of ether oxygens (including phenoxy) is 1. The molecule has 0 fully saturated rings. The van der Waals surface area contributed by atoms with Crippen molar-refractivity contribution in [2.45, 2.75) is 20.0 Å². The zero-order valence-corrected chi connectivity index (χ0v) is 15.0. The average Bonchev–Trinajstić information content (AvgIpc) is 2.93. The number of fused-ring (bicyclic) bond motifs is 1. The number of nitrogens with one attached hydrogen (secondary N) is 1. The van der Waals surface area contributed by atoms with Gasteiger partial charge in [-0.2, -0.15) is 13.2 Å². The number of rotatable bonds is 4. The van der Waals surface area contributed by atoms with Gasteiger partial charge < -0.3 is 14.5 Å². The molecular formula is C18H14ClF3N2O3. The van der Waals surface area contributed by atoms with Gasteiger partial charge in [0.2, 0.25) is 0 Å². The summed E-state index contributed by atoms with van der Waals surface area (Å²) in [5, 5.41) is 2.74. The number of benzene rings is 1. The maximum Gasteiger partial charge on any atom is 0.417 e. The summed E-state index contributed by atoms with van der Waals surface area (Å²) in [6.07, 6.45) is -3.98. The topological polar surface area (TPSA) is 64.4 Å². The van der Waals surface area contributed by atoms with Gasteiger partial charge in [0, 0.05) is 17.1 Å². The Labute approximate surface area is 157 Å². The fourth-order valence-corrected chi connectivity index (χ4v) is 2.74. The van der Waals surface area contributed by atoms with Gasteiger partial charge >= 0.3 is 6.18 Å². The Morgan fingerprint density at radius 2 is 2.07 bits per heavy atom. The number of hydrogen-bond donors (Lipinski definition) is 1. The summed E-state index contributed by atoms with van der Waals surface area (Å²) in [5.74, 6) is -0.218. The number of alkyl halides is 3. The number of amides is 1. The number of pyridine rings is 1. The predicted octanol–water partition coefficient (Wildman–Crippen LogP) is 5.46. The number of hydrogen-bond acceptors (Lipinski definition) is 4. The minimum absolute atomic E-state index is 0.0106. The molecule has 3 aromatic rings. The van der Waals surface area contributed by atoms with Crippen molar-refractivity contribution in [2.75, 3.05) is 11.9 Å². The van der Waals surface area contributed by atoms with E-state index in [4.69, 9.17) is 20.8 Å². The standard InChI is InChI=1S/C18H14ClF3N2O3/c1-3-26-11-4-5-14-12(7-11)9(2)15(27-14)17(25)24-16-13(19)6-10(8-23-16)18(20,21)22/h4-8H,3H2,1-2H3,(H,23,24,25). The summed E-state index contributed by atoms with van der Waals surface area (Å²) in [7, 11) is 0. The van der Waals surface area contributed by atoms with Gasteiger partial charge in [0.1, 0.15) is 11.3 Å². The molecule has 0 unspecified atom stereocenters. The van der Waals surface area contributed by atoms with Gasteiger partial charge in [-0.05, 0) is 38.1 Å². The first-order valence-corrected chi connectivity index (χ1v) is 8.28. The summed E-state index contributed by atoms with van der Waals surface area (Å²) >= 11 is 5.82. The van der Waals surface area contributed by atoms with Crippen molar-refractivity contribution in [1.29, 1.82) is 0 Å². The van der Waals surface area contributed by atoms with Crippen LogP contribution < -0.4 is 10.1 Å². The van der Waals surface area contributed by atoms with Crippen LogP contribution in [-0.4, -0.2) is 17.5 Å². The fraction of sp³-hybridized carbons (Fsp3) is 0.222. The largest absolute Gasteiger partial charge is 0.494 e. The number of aromatic nitrogens is 1. The van der Waals surface area contributed by atoms with Crippen LogP contribution in [0.1, 0.15) is 28.6 Å².